The van der Waals surface area contributed by atoms with Crippen molar-refractivity contribution < 1.29 is 19.1 Å². The minimum Gasteiger partial charge on any atom is -0.489 e. The van der Waals surface area contributed by atoms with Crippen LogP contribution in [0.3, 0.4) is 0 Å². The molecule has 0 heterocycles. The summed E-state index contributed by atoms with van der Waals surface area (Å²) in [5.74, 6) is 0.310. The number of nitrogens with one attached hydrogen (secondary N) is 1. The van der Waals surface area contributed by atoms with Gasteiger partial charge in [-0.3, -0.25) is 4.79 Å². The summed E-state index contributed by atoms with van der Waals surface area (Å²) in [6.45, 7) is 2.50. The lowest BCUT2D eigenvalue weighted by Crippen LogP contribution is -2.17. The molecule has 0 bridgehead atoms. The quantitative estimate of drug-likeness (QED) is 0.122. The lowest BCUT2D eigenvalue weighted by molar-refractivity contribution is 0.0734. The zero-order valence-corrected chi connectivity index (χ0v) is 21.1. The molecule has 0 saturated heterocycles. The number of nitrogens with zero attached hydrogens (tertiary/aromatic N) is 1. The zero-order chi connectivity index (χ0) is 25.3. The van der Waals surface area contributed by atoms with Crippen LogP contribution in [0.5, 0.6) is 11.5 Å². The summed E-state index contributed by atoms with van der Waals surface area (Å²) in [5.41, 5.74) is 6.43. The van der Waals surface area contributed by atoms with E-state index in [1.54, 1.807) is 72.8 Å². The maximum absolute atomic E-state index is 12.4. The van der Waals surface area contributed by atoms with E-state index in [2.05, 4.69) is 26.5 Å². The highest BCUT2D eigenvalue weighted by Crippen LogP contribution is 2.17. The maximum Gasteiger partial charge on any atom is 0.343 e. The average Bonchev–Trinajstić information content (AvgIpc) is 2.90. The number of esters is 1. The van der Waals surface area contributed by atoms with E-state index < -0.39 is 5.97 Å². The van der Waals surface area contributed by atoms with Crippen LogP contribution in [0.1, 0.15) is 37.4 Å². The number of hydrogen-bond acceptors (Lipinski definition) is 5. The van der Waals surface area contributed by atoms with Crippen molar-refractivity contribution in [3.8, 4) is 11.5 Å². The summed E-state index contributed by atoms with van der Waals surface area (Å²) in [6.07, 6.45) is 1.51. The first-order valence-corrected chi connectivity index (χ1v) is 12.0. The number of halogens is 1. The van der Waals surface area contributed by atoms with Gasteiger partial charge in [0.1, 0.15) is 18.1 Å². The second-order valence-corrected chi connectivity index (χ2v) is 8.88. The predicted molar refractivity (Wildman–Crippen MR) is 143 cm³/mol. The van der Waals surface area contributed by atoms with Gasteiger partial charge >= 0.3 is 5.97 Å². The molecule has 7 heteroatoms. The Kier molecular flexibility index (Phi) is 8.26. The highest BCUT2D eigenvalue weighted by molar-refractivity contribution is 9.10. The van der Waals surface area contributed by atoms with Crippen molar-refractivity contribution in [3.63, 3.8) is 0 Å². The fourth-order valence-corrected chi connectivity index (χ4v) is 3.42. The van der Waals surface area contributed by atoms with Crippen LogP contribution >= 0.6 is 15.9 Å². The molecule has 0 aliphatic heterocycles. The fourth-order valence-electron chi connectivity index (χ4n) is 3.16. The summed E-state index contributed by atoms with van der Waals surface area (Å²) < 4.78 is 12.0. The Labute approximate surface area is 217 Å². The van der Waals surface area contributed by atoms with E-state index in [1.807, 2.05) is 31.2 Å². The number of rotatable bonds is 8. The molecule has 1 N–H and O–H groups in total. The minimum absolute atomic E-state index is 0.337. The highest BCUT2D eigenvalue weighted by Gasteiger charge is 2.08. The molecule has 36 heavy (non-hydrogen) atoms. The molecule has 0 aromatic heterocycles. The fraction of sp³-hybridized carbons (Fsp3) is 0.0690. The van der Waals surface area contributed by atoms with Crippen LogP contribution in [0.15, 0.2) is 107 Å². The van der Waals surface area contributed by atoms with Crippen LogP contribution in [0.4, 0.5) is 0 Å². The molecule has 0 unspecified atom stereocenters. The van der Waals surface area contributed by atoms with Gasteiger partial charge in [-0.25, -0.2) is 10.2 Å². The van der Waals surface area contributed by atoms with Crippen LogP contribution < -0.4 is 14.9 Å². The van der Waals surface area contributed by atoms with Crippen molar-refractivity contribution in [1.82, 2.24) is 5.43 Å². The largest absolute Gasteiger partial charge is 0.489 e. The molecule has 0 fully saturated rings. The van der Waals surface area contributed by atoms with Crippen molar-refractivity contribution in [1.29, 1.82) is 0 Å². The third-order valence-corrected chi connectivity index (χ3v) is 5.72. The van der Waals surface area contributed by atoms with Gasteiger partial charge in [0, 0.05) is 10.0 Å². The Morgan fingerprint density at radius 3 is 2.08 bits per heavy atom. The van der Waals surface area contributed by atoms with Gasteiger partial charge in [-0.05, 0) is 90.8 Å². The van der Waals surface area contributed by atoms with Crippen molar-refractivity contribution in [2.75, 3.05) is 0 Å². The van der Waals surface area contributed by atoms with E-state index in [-0.39, 0.29) is 5.91 Å². The van der Waals surface area contributed by atoms with Crippen LogP contribution in [0.25, 0.3) is 0 Å². The van der Waals surface area contributed by atoms with Gasteiger partial charge in [0.2, 0.25) is 0 Å². The van der Waals surface area contributed by atoms with Gasteiger partial charge in [0.05, 0.1) is 11.8 Å². The third kappa shape index (κ3) is 7.13. The molecule has 4 rings (SSSR count). The lowest BCUT2D eigenvalue weighted by atomic mass is 10.2. The maximum atomic E-state index is 12.4. The van der Waals surface area contributed by atoms with Gasteiger partial charge in [-0.2, -0.15) is 5.10 Å². The number of ether oxygens (including phenoxy) is 2. The van der Waals surface area contributed by atoms with E-state index in [4.69, 9.17) is 9.47 Å². The summed E-state index contributed by atoms with van der Waals surface area (Å²) in [6, 6.07) is 28.7. The predicted octanol–water partition coefficient (Wildman–Crippen LogP) is 6.32. The van der Waals surface area contributed by atoms with Crippen LogP contribution in [0.2, 0.25) is 0 Å². The van der Waals surface area contributed by atoms with Gasteiger partial charge in [-0.15, -0.1) is 0 Å². The summed E-state index contributed by atoms with van der Waals surface area (Å²) in [5, 5.41) is 4.00. The number of carbonyl (C=O) groups is 2. The number of aryl methyl sites for hydroxylation is 1. The Morgan fingerprint density at radius 2 is 1.42 bits per heavy atom. The Morgan fingerprint density at radius 1 is 0.806 bits per heavy atom. The van der Waals surface area contributed by atoms with Crippen molar-refractivity contribution in [2.45, 2.75) is 13.5 Å². The number of carbonyl (C=O) groups excluding carboxylic acids is 2. The van der Waals surface area contributed by atoms with Crippen molar-refractivity contribution >= 4 is 34.0 Å². The second kappa shape index (κ2) is 12.0. The molecule has 0 atom stereocenters. The van der Waals surface area contributed by atoms with E-state index in [1.165, 1.54) is 11.8 Å². The highest BCUT2D eigenvalue weighted by atomic mass is 79.9. The standard InChI is InChI=1S/C29H23BrN2O4/c1-20-2-4-22(5-3-20)19-35-26-16-10-23(11-17-26)28(33)32-31-18-21-6-14-27(15-7-21)36-29(34)24-8-12-25(30)13-9-24/h2-18H,19H2,1H3,(H,32,33)/b31-18-. The molecule has 0 radical (unpaired) electrons. The Bertz CT molecular complexity index is 1350. The second-order valence-electron chi connectivity index (χ2n) is 7.96. The first-order chi connectivity index (χ1) is 17.5. The molecular weight excluding hydrogens is 520 g/mol. The van der Waals surface area contributed by atoms with E-state index in [0.717, 1.165) is 15.6 Å². The monoisotopic (exact) mass is 542 g/mol. The molecule has 180 valence electrons. The van der Waals surface area contributed by atoms with Crippen LogP contribution in [-0.2, 0) is 6.61 Å². The molecule has 0 aliphatic rings. The molecule has 6 nitrogen and oxygen atoms in total. The van der Waals surface area contributed by atoms with Gasteiger partial charge in [0.25, 0.3) is 5.91 Å². The molecule has 0 aliphatic carbocycles. The van der Waals surface area contributed by atoms with E-state index in [9.17, 15) is 9.59 Å². The summed E-state index contributed by atoms with van der Waals surface area (Å²) >= 11 is 3.33. The normalized spacial score (nSPS) is 10.7. The molecule has 1 amide bonds. The zero-order valence-electron chi connectivity index (χ0n) is 19.5. The molecular formula is C29H23BrN2O4. The first-order valence-electron chi connectivity index (χ1n) is 11.2. The van der Waals surface area contributed by atoms with Crippen LogP contribution in [0, 0.1) is 6.92 Å². The van der Waals surface area contributed by atoms with Gasteiger partial charge < -0.3 is 9.47 Å². The molecule has 0 spiro atoms. The SMILES string of the molecule is Cc1ccc(COc2ccc(C(=O)N/N=C\c3ccc(OC(=O)c4ccc(Br)cc4)cc3)cc2)cc1. The van der Waals surface area contributed by atoms with Crippen molar-refractivity contribution in [2.24, 2.45) is 5.10 Å². The van der Waals surface area contributed by atoms with Crippen LogP contribution in [-0.4, -0.2) is 18.1 Å². The van der Waals surface area contributed by atoms with E-state index in [0.29, 0.717) is 29.2 Å². The topological polar surface area (TPSA) is 77.0 Å². The van der Waals surface area contributed by atoms with Gasteiger partial charge in [0.15, 0.2) is 0 Å². The van der Waals surface area contributed by atoms with Gasteiger partial charge in [-0.1, -0.05) is 45.8 Å². The van der Waals surface area contributed by atoms with E-state index >= 15 is 0 Å². The smallest absolute Gasteiger partial charge is 0.343 e. The number of benzene rings is 4. The Balaban J connectivity index is 1.25. The molecule has 0 saturated carbocycles. The Hall–Kier alpha value is -4.23. The average molecular weight is 543 g/mol. The summed E-state index contributed by atoms with van der Waals surface area (Å²) in [7, 11) is 0. The molecule has 4 aromatic rings. The molecule has 4 aromatic carbocycles. The minimum atomic E-state index is -0.442. The number of hydrazone groups is 1. The number of hydrogen-bond donors (Lipinski definition) is 1. The van der Waals surface area contributed by atoms with Crippen molar-refractivity contribution in [3.05, 3.63) is 129 Å². The lowest BCUT2D eigenvalue weighted by Gasteiger charge is -2.07. The summed E-state index contributed by atoms with van der Waals surface area (Å²) in [4.78, 5) is 24.6. The first kappa shape index (κ1) is 24.9. The third-order valence-electron chi connectivity index (χ3n) is 5.19. The number of amides is 1.